The van der Waals surface area contributed by atoms with Gasteiger partial charge in [0.15, 0.2) is 0 Å². The number of aryl methyl sites for hydroxylation is 1. The largest absolute Gasteiger partial charge is 0.396 e. The second-order valence-corrected chi connectivity index (χ2v) is 5.82. The molecule has 2 N–H and O–H groups in total. The maximum Gasteiger partial charge on any atom is 0.251 e. The topological polar surface area (TPSA) is 49.3 Å². The fourth-order valence-electron chi connectivity index (χ4n) is 1.26. The number of halogens is 1. The predicted octanol–water partition coefficient (Wildman–Crippen LogP) is 2.51. The number of aliphatic hydroxyl groups is 1. The number of carbonyl (C=O) groups excluding carboxylic acids is 1. The van der Waals surface area contributed by atoms with Crippen LogP contribution in [0.15, 0.2) is 22.7 Å². The number of aliphatic hydroxyl groups excluding tert-OH is 1. The van der Waals surface area contributed by atoms with Gasteiger partial charge in [-0.3, -0.25) is 4.79 Å². The number of hydrogen-bond acceptors (Lipinski definition) is 2. The lowest BCUT2D eigenvalue weighted by molar-refractivity contribution is 0.0911. The maximum absolute atomic E-state index is 11.9. The van der Waals surface area contributed by atoms with E-state index >= 15 is 0 Å². The van der Waals surface area contributed by atoms with E-state index in [0.717, 1.165) is 10.0 Å². The van der Waals surface area contributed by atoms with Crippen LogP contribution in [0, 0.1) is 12.3 Å². The quantitative estimate of drug-likeness (QED) is 0.897. The highest BCUT2D eigenvalue weighted by Gasteiger charge is 2.18. The Labute approximate surface area is 110 Å². The van der Waals surface area contributed by atoms with Crippen molar-refractivity contribution in [2.75, 3.05) is 13.2 Å². The second-order valence-electron chi connectivity index (χ2n) is 4.97. The van der Waals surface area contributed by atoms with Gasteiger partial charge in [0.05, 0.1) is 0 Å². The van der Waals surface area contributed by atoms with E-state index in [0.29, 0.717) is 12.1 Å². The Balaban J connectivity index is 2.68. The second kappa shape index (κ2) is 5.65. The SMILES string of the molecule is Cc1cc(C(=O)NCC(C)(C)CO)ccc1Br. The summed E-state index contributed by atoms with van der Waals surface area (Å²) >= 11 is 3.40. The lowest BCUT2D eigenvalue weighted by atomic mass is 9.95. The van der Waals surface area contributed by atoms with Crippen LogP contribution >= 0.6 is 15.9 Å². The molecule has 0 unspecified atom stereocenters. The molecule has 0 radical (unpaired) electrons. The molecule has 17 heavy (non-hydrogen) atoms. The predicted molar refractivity (Wildman–Crippen MR) is 72.1 cm³/mol. The van der Waals surface area contributed by atoms with E-state index in [1.54, 1.807) is 6.07 Å². The van der Waals surface area contributed by atoms with Crippen molar-refractivity contribution in [3.8, 4) is 0 Å². The minimum Gasteiger partial charge on any atom is -0.396 e. The van der Waals surface area contributed by atoms with E-state index < -0.39 is 0 Å². The lowest BCUT2D eigenvalue weighted by Crippen LogP contribution is -2.36. The molecule has 0 aromatic heterocycles. The third kappa shape index (κ3) is 4.13. The maximum atomic E-state index is 11.9. The summed E-state index contributed by atoms with van der Waals surface area (Å²) in [5.74, 6) is -0.109. The molecule has 1 amide bonds. The molecule has 0 aliphatic heterocycles. The summed E-state index contributed by atoms with van der Waals surface area (Å²) in [4.78, 5) is 11.9. The summed E-state index contributed by atoms with van der Waals surface area (Å²) in [6, 6.07) is 5.48. The molecule has 1 aromatic carbocycles. The van der Waals surface area contributed by atoms with Crippen LogP contribution in [0.1, 0.15) is 29.8 Å². The summed E-state index contributed by atoms with van der Waals surface area (Å²) in [5.41, 5.74) is 1.37. The molecule has 94 valence electrons. The van der Waals surface area contributed by atoms with Gasteiger partial charge >= 0.3 is 0 Å². The Bertz CT molecular complexity index is 416. The molecule has 1 rings (SSSR count). The van der Waals surface area contributed by atoms with Gasteiger partial charge in [-0.1, -0.05) is 29.8 Å². The summed E-state index contributed by atoms with van der Waals surface area (Å²) in [6.07, 6.45) is 0. The van der Waals surface area contributed by atoms with Gasteiger partial charge < -0.3 is 10.4 Å². The van der Waals surface area contributed by atoms with Gasteiger partial charge in [0.1, 0.15) is 0 Å². The van der Waals surface area contributed by atoms with E-state index in [1.165, 1.54) is 0 Å². The van der Waals surface area contributed by atoms with Gasteiger partial charge in [-0.15, -0.1) is 0 Å². The van der Waals surface area contributed by atoms with E-state index in [2.05, 4.69) is 21.2 Å². The Hall–Kier alpha value is -0.870. The fourth-order valence-corrected chi connectivity index (χ4v) is 1.51. The van der Waals surface area contributed by atoms with Crippen LogP contribution in [-0.4, -0.2) is 24.2 Å². The number of amides is 1. The van der Waals surface area contributed by atoms with Crippen LogP contribution in [0.5, 0.6) is 0 Å². The molecule has 0 bridgehead atoms. The minimum atomic E-state index is -0.292. The van der Waals surface area contributed by atoms with Crippen molar-refractivity contribution in [3.05, 3.63) is 33.8 Å². The highest BCUT2D eigenvalue weighted by molar-refractivity contribution is 9.10. The first-order chi connectivity index (χ1) is 7.85. The fraction of sp³-hybridized carbons (Fsp3) is 0.462. The Morgan fingerprint density at radius 1 is 1.47 bits per heavy atom. The molecule has 3 nitrogen and oxygen atoms in total. The number of carbonyl (C=O) groups is 1. The van der Waals surface area contributed by atoms with Crippen molar-refractivity contribution in [3.63, 3.8) is 0 Å². The minimum absolute atomic E-state index is 0.0483. The molecule has 0 aliphatic rings. The third-order valence-electron chi connectivity index (χ3n) is 2.58. The lowest BCUT2D eigenvalue weighted by Gasteiger charge is -2.21. The molecule has 0 heterocycles. The Morgan fingerprint density at radius 2 is 2.12 bits per heavy atom. The van der Waals surface area contributed by atoms with E-state index in [-0.39, 0.29) is 17.9 Å². The van der Waals surface area contributed by atoms with Gasteiger partial charge in [-0.05, 0) is 30.7 Å². The Kier molecular flexibility index (Phi) is 4.71. The summed E-state index contributed by atoms with van der Waals surface area (Å²) in [7, 11) is 0. The monoisotopic (exact) mass is 299 g/mol. The summed E-state index contributed by atoms with van der Waals surface area (Å²) < 4.78 is 0.990. The molecule has 4 heteroatoms. The van der Waals surface area contributed by atoms with Crippen LogP contribution in [-0.2, 0) is 0 Å². The molecular formula is C13H18BrNO2. The van der Waals surface area contributed by atoms with E-state index in [4.69, 9.17) is 5.11 Å². The number of rotatable bonds is 4. The van der Waals surface area contributed by atoms with Gasteiger partial charge in [-0.25, -0.2) is 0 Å². The van der Waals surface area contributed by atoms with Crippen LogP contribution < -0.4 is 5.32 Å². The molecule has 0 fully saturated rings. The van der Waals surface area contributed by atoms with Crippen molar-refractivity contribution in [2.24, 2.45) is 5.41 Å². The highest BCUT2D eigenvalue weighted by Crippen LogP contribution is 2.17. The van der Waals surface area contributed by atoms with Gasteiger partial charge in [0.25, 0.3) is 5.91 Å². The molecule has 0 spiro atoms. The molecule has 0 saturated carbocycles. The number of benzene rings is 1. The van der Waals surface area contributed by atoms with E-state index in [9.17, 15) is 4.79 Å². The summed E-state index contributed by atoms with van der Waals surface area (Å²) in [5, 5.41) is 11.9. The molecular weight excluding hydrogens is 282 g/mol. The number of nitrogens with one attached hydrogen (secondary N) is 1. The first kappa shape index (κ1) is 14.2. The standard InChI is InChI=1S/C13H18BrNO2/c1-9-6-10(4-5-11(9)14)12(17)15-7-13(2,3)8-16/h4-6,16H,7-8H2,1-3H3,(H,15,17). The van der Waals surface area contributed by atoms with Gasteiger partial charge in [0.2, 0.25) is 0 Å². The first-order valence-electron chi connectivity index (χ1n) is 5.51. The van der Waals surface area contributed by atoms with Gasteiger partial charge in [0, 0.05) is 28.6 Å². The highest BCUT2D eigenvalue weighted by atomic mass is 79.9. The van der Waals surface area contributed by atoms with Gasteiger partial charge in [-0.2, -0.15) is 0 Å². The zero-order chi connectivity index (χ0) is 13.1. The first-order valence-corrected chi connectivity index (χ1v) is 6.30. The van der Waals surface area contributed by atoms with E-state index in [1.807, 2.05) is 32.9 Å². The van der Waals surface area contributed by atoms with Crippen molar-refractivity contribution >= 4 is 21.8 Å². The van der Waals surface area contributed by atoms with Crippen molar-refractivity contribution in [2.45, 2.75) is 20.8 Å². The third-order valence-corrected chi connectivity index (χ3v) is 3.47. The molecule has 0 saturated heterocycles. The molecule has 0 aliphatic carbocycles. The number of hydrogen-bond donors (Lipinski definition) is 2. The zero-order valence-corrected chi connectivity index (χ0v) is 12.0. The smallest absolute Gasteiger partial charge is 0.251 e. The average molecular weight is 300 g/mol. The van der Waals surface area contributed by atoms with Crippen LogP contribution in [0.3, 0.4) is 0 Å². The van der Waals surface area contributed by atoms with Crippen molar-refractivity contribution in [1.29, 1.82) is 0 Å². The average Bonchev–Trinajstić information content (AvgIpc) is 2.30. The van der Waals surface area contributed by atoms with Crippen LogP contribution in [0.2, 0.25) is 0 Å². The van der Waals surface area contributed by atoms with Crippen molar-refractivity contribution in [1.82, 2.24) is 5.32 Å². The Morgan fingerprint density at radius 3 is 2.65 bits per heavy atom. The zero-order valence-electron chi connectivity index (χ0n) is 10.4. The van der Waals surface area contributed by atoms with Crippen molar-refractivity contribution < 1.29 is 9.90 Å². The normalized spacial score (nSPS) is 11.4. The van der Waals surface area contributed by atoms with Crippen LogP contribution in [0.25, 0.3) is 0 Å². The summed E-state index contributed by atoms with van der Waals surface area (Å²) in [6.45, 7) is 6.25. The van der Waals surface area contributed by atoms with Crippen LogP contribution in [0.4, 0.5) is 0 Å². The molecule has 1 aromatic rings. The molecule has 0 atom stereocenters.